The topological polar surface area (TPSA) is 117 Å². The number of aliphatic hydroxyl groups excluding tert-OH is 2. The predicted molar refractivity (Wildman–Crippen MR) is 107 cm³/mol. The van der Waals surface area contributed by atoms with Crippen molar-refractivity contribution in [2.24, 2.45) is 0 Å². The molecule has 0 amide bonds. The van der Waals surface area contributed by atoms with Crippen molar-refractivity contribution in [3.63, 3.8) is 0 Å². The molecule has 26 heavy (non-hydrogen) atoms. The monoisotopic (exact) mass is 486 g/mol. The normalized spacial score (nSPS) is 22.3. The van der Waals surface area contributed by atoms with Gasteiger partial charge in [0.15, 0.2) is 6.35 Å². The maximum absolute atomic E-state index is 10.0. The molecule has 10 heteroatoms. The molecule has 4 N–H and O–H groups in total. The number of aliphatic hydroxyl groups is 2. The number of hydrogen-bond acceptors (Lipinski definition) is 9. The summed E-state index contributed by atoms with van der Waals surface area (Å²) in [6, 6.07) is 6.05. The molecule has 138 valence electrons. The highest BCUT2D eigenvalue weighted by Crippen LogP contribution is 2.30. The summed E-state index contributed by atoms with van der Waals surface area (Å²) in [7, 11) is 0. The summed E-state index contributed by atoms with van der Waals surface area (Å²) < 4.78 is 1.12. The Morgan fingerprint density at radius 2 is 2.23 bits per heavy atom. The van der Waals surface area contributed by atoms with Crippen molar-refractivity contribution >= 4 is 39.9 Å². The summed E-state index contributed by atoms with van der Waals surface area (Å²) in [5, 5.41) is 35.1. The molecule has 8 nitrogen and oxygen atoms in total. The Labute approximate surface area is 169 Å². The van der Waals surface area contributed by atoms with E-state index in [1.54, 1.807) is 16.2 Å². The molecule has 1 fully saturated rings. The van der Waals surface area contributed by atoms with Crippen LogP contribution in [0, 0.1) is 14.2 Å². The van der Waals surface area contributed by atoms with Gasteiger partial charge in [-0.1, -0.05) is 0 Å². The zero-order valence-electron chi connectivity index (χ0n) is 14.3. The van der Waals surface area contributed by atoms with Crippen molar-refractivity contribution in [2.45, 2.75) is 32.0 Å². The average molecular weight is 486 g/mol. The molecule has 0 saturated carbocycles. The van der Waals surface area contributed by atoms with Gasteiger partial charge in [-0.2, -0.15) is 5.26 Å². The van der Waals surface area contributed by atoms with Gasteiger partial charge in [0.1, 0.15) is 18.0 Å². The number of nitrogens with zero attached hydrogens (tertiary/aromatic N) is 4. The van der Waals surface area contributed by atoms with Gasteiger partial charge in [0.05, 0.1) is 25.1 Å². The number of rotatable bonds is 5. The minimum Gasteiger partial charge on any atom is -0.377 e. The highest BCUT2D eigenvalue weighted by atomic mass is 127. The van der Waals surface area contributed by atoms with Gasteiger partial charge >= 0.3 is 0 Å². The zero-order chi connectivity index (χ0) is 18.9. The van der Waals surface area contributed by atoms with E-state index in [4.69, 9.17) is 0 Å². The van der Waals surface area contributed by atoms with Crippen molar-refractivity contribution in [1.82, 2.24) is 20.2 Å². The highest BCUT2D eigenvalue weighted by molar-refractivity contribution is 14.1. The molecule has 1 aliphatic heterocycles. The second-order valence-corrected chi connectivity index (χ2v) is 9.37. The summed E-state index contributed by atoms with van der Waals surface area (Å²) in [6.07, 6.45) is -0.207. The molecule has 0 aliphatic carbocycles. The summed E-state index contributed by atoms with van der Waals surface area (Å²) >= 11 is 3.80. The lowest BCUT2D eigenvalue weighted by Gasteiger charge is -2.33. The van der Waals surface area contributed by atoms with Gasteiger partial charge in [-0.15, -0.1) is 11.3 Å². The fourth-order valence-corrected chi connectivity index (χ4v) is 4.41. The highest BCUT2D eigenvalue weighted by Gasteiger charge is 2.45. The van der Waals surface area contributed by atoms with E-state index in [0.717, 1.165) is 7.76 Å². The Morgan fingerprint density at radius 3 is 2.81 bits per heavy atom. The average Bonchev–Trinajstić information content (AvgIpc) is 3.11. The van der Waals surface area contributed by atoms with Gasteiger partial charge in [0.2, 0.25) is 5.95 Å². The van der Waals surface area contributed by atoms with Crippen LogP contribution in [-0.4, -0.2) is 56.3 Å². The maximum atomic E-state index is 10.0. The standard InChI is InChI=1S/C16H19IN6O2S/c1-16(2)13(24)22-15(25)23(16)6-5-19-14-20-8-9(7-18)12(21-14)10-3-4-11(17)26-10/h3-4,8,13,15,22,24-25H,5-6H2,1-2H3,(H,19,20,21). The van der Waals surface area contributed by atoms with Crippen LogP contribution in [0.25, 0.3) is 10.6 Å². The number of nitriles is 1. The first kappa shape index (κ1) is 19.4. The minimum atomic E-state index is -0.910. The van der Waals surface area contributed by atoms with Gasteiger partial charge in [-0.3, -0.25) is 10.2 Å². The first-order valence-electron chi connectivity index (χ1n) is 7.98. The van der Waals surface area contributed by atoms with Crippen LogP contribution in [0.2, 0.25) is 0 Å². The van der Waals surface area contributed by atoms with E-state index >= 15 is 0 Å². The van der Waals surface area contributed by atoms with Crippen LogP contribution >= 0.6 is 33.9 Å². The van der Waals surface area contributed by atoms with E-state index < -0.39 is 18.1 Å². The van der Waals surface area contributed by atoms with Crippen LogP contribution in [0.5, 0.6) is 0 Å². The van der Waals surface area contributed by atoms with Crippen molar-refractivity contribution in [3.8, 4) is 16.6 Å². The first-order chi connectivity index (χ1) is 12.3. The molecule has 1 aliphatic rings. The molecule has 3 rings (SSSR count). The summed E-state index contributed by atoms with van der Waals surface area (Å²) in [6.45, 7) is 4.67. The van der Waals surface area contributed by atoms with Crippen LogP contribution in [0.1, 0.15) is 19.4 Å². The van der Waals surface area contributed by atoms with Crippen molar-refractivity contribution in [2.75, 3.05) is 18.4 Å². The number of anilines is 1. The minimum absolute atomic E-state index is 0.419. The third kappa shape index (κ3) is 3.83. The van der Waals surface area contributed by atoms with Gasteiger partial charge in [-0.25, -0.2) is 9.97 Å². The fraction of sp³-hybridized carbons (Fsp3) is 0.438. The summed E-state index contributed by atoms with van der Waals surface area (Å²) in [4.78, 5) is 11.3. The molecule has 2 aromatic heterocycles. The number of hydrogen-bond donors (Lipinski definition) is 4. The lowest BCUT2D eigenvalue weighted by atomic mass is 10.0. The molecule has 1 saturated heterocycles. The molecule has 0 spiro atoms. The summed E-state index contributed by atoms with van der Waals surface area (Å²) in [5.74, 6) is 0.419. The van der Waals surface area contributed by atoms with Gasteiger partial charge < -0.3 is 15.5 Å². The largest absolute Gasteiger partial charge is 0.377 e. The van der Waals surface area contributed by atoms with Crippen LogP contribution in [0.15, 0.2) is 18.3 Å². The fourth-order valence-electron chi connectivity index (χ4n) is 2.78. The van der Waals surface area contributed by atoms with E-state index in [1.807, 2.05) is 26.0 Å². The molecule has 2 atom stereocenters. The van der Waals surface area contributed by atoms with Gasteiger partial charge in [0.25, 0.3) is 0 Å². The van der Waals surface area contributed by atoms with Crippen molar-refractivity contribution in [3.05, 3.63) is 26.8 Å². The quantitative estimate of drug-likeness (QED) is 0.469. The lowest BCUT2D eigenvalue weighted by molar-refractivity contribution is -0.0191. The van der Waals surface area contributed by atoms with Gasteiger partial charge in [0, 0.05) is 13.1 Å². The number of nitrogens with one attached hydrogen (secondary N) is 2. The van der Waals surface area contributed by atoms with Crippen LogP contribution in [0.4, 0.5) is 5.95 Å². The third-order valence-corrected chi connectivity index (χ3v) is 6.26. The molecular formula is C16H19IN6O2S. The number of thiophene rings is 1. The Morgan fingerprint density at radius 1 is 1.46 bits per heavy atom. The van der Waals surface area contributed by atoms with Gasteiger partial charge in [-0.05, 0) is 48.6 Å². The molecule has 3 heterocycles. The second-order valence-electron chi connectivity index (χ2n) is 6.39. The Hall–Kier alpha value is -1.36. The van der Waals surface area contributed by atoms with E-state index in [0.29, 0.717) is 30.3 Å². The second kappa shape index (κ2) is 7.71. The number of halogens is 1. The molecule has 0 bridgehead atoms. The SMILES string of the molecule is CC1(C)C(O)NC(O)N1CCNc1ncc(C#N)c(-c2ccc(I)s2)n1. The molecule has 2 aromatic rings. The third-order valence-electron chi connectivity index (χ3n) is 4.36. The molecule has 0 aromatic carbocycles. The van der Waals surface area contributed by atoms with E-state index in [9.17, 15) is 15.5 Å². The number of aromatic nitrogens is 2. The van der Waals surface area contributed by atoms with Crippen molar-refractivity contribution < 1.29 is 10.2 Å². The lowest BCUT2D eigenvalue weighted by Crippen LogP contribution is -2.49. The Bertz CT molecular complexity index is 836. The predicted octanol–water partition coefficient (Wildman–Crippen LogP) is 1.37. The maximum Gasteiger partial charge on any atom is 0.223 e. The van der Waals surface area contributed by atoms with Crippen molar-refractivity contribution in [1.29, 1.82) is 5.26 Å². The molecule has 0 radical (unpaired) electrons. The van der Waals surface area contributed by atoms with Crippen LogP contribution in [-0.2, 0) is 0 Å². The van der Waals surface area contributed by atoms with Crippen LogP contribution < -0.4 is 10.6 Å². The Kier molecular flexibility index (Phi) is 5.75. The van der Waals surface area contributed by atoms with E-state index in [-0.39, 0.29) is 0 Å². The molecule has 2 unspecified atom stereocenters. The van der Waals surface area contributed by atoms with E-state index in [2.05, 4.69) is 49.3 Å². The zero-order valence-corrected chi connectivity index (χ0v) is 17.2. The summed E-state index contributed by atoms with van der Waals surface area (Å²) in [5.41, 5.74) is 0.444. The van der Waals surface area contributed by atoms with Crippen LogP contribution in [0.3, 0.4) is 0 Å². The van der Waals surface area contributed by atoms with E-state index in [1.165, 1.54) is 6.20 Å². The smallest absolute Gasteiger partial charge is 0.223 e. The first-order valence-corrected chi connectivity index (χ1v) is 9.88. The Balaban J connectivity index is 1.70. The molecular weight excluding hydrogens is 467 g/mol.